The normalized spacial score (nSPS) is 28.8. The molecular formula is C13H17NO2. The third kappa shape index (κ3) is 1.65. The van der Waals surface area contributed by atoms with Crippen LogP contribution in [0.4, 0.5) is 0 Å². The van der Waals surface area contributed by atoms with Gasteiger partial charge < -0.3 is 4.74 Å². The van der Waals surface area contributed by atoms with Crippen molar-refractivity contribution in [3.05, 3.63) is 35.4 Å². The maximum atomic E-state index is 5.77. The molecule has 0 amide bonds. The van der Waals surface area contributed by atoms with Crippen molar-refractivity contribution in [1.82, 2.24) is 5.06 Å². The van der Waals surface area contributed by atoms with Crippen LogP contribution in [0.25, 0.3) is 0 Å². The summed E-state index contributed by atoms with van der Waals surface area (Å²) >= 11 is 0. The molecule has 0 N–H and O–H groups in total. The van der Waals surface area contributed by atoms with Gasteiger partial charge in [-0.15, -0.1) is 0 Å². The zero-order valence-electron chi connectivity index (χ0n) is 9.56. The molecule has 1 saturated heterocycles. The smallest absolute Gasteiger partial charge is 0.179 e. The second-order valence-corrected chi connectivity index (χ2v) is 4.33. The third-order valence-corrected chi connectivity index (χ3v) is 3.38. The minimum Gasteiger partial charge on any atom is -0.351 e. The summed E-state index contributed by atoms with van der Waals surface area (Å²) in [6.07, 6.45) is 1.97. The van der Waals surface area contributed by atoms with Crippen LogP contribution in [0.2, 0.25) is 0 Å². The molecule has 86 valence electrons. The van der Waals surface area contributed by atoms with Crippen LogP contribution in [0.5, 0.6) is 0 Å². The summed E-state index contributed by atoms with van der Waals surface area (Å²) in [6, 6.07) is 9.05. The van der Waals surface area contributed by atoms with Crippen molar-refractivity contribution in [3.63, 3.8) is 0 Å². The van der Waals surface area contributed by atoms with E-state index in [2.05, 4.69) is 29.3 Å². The Bertz CT molecular complexity index is 380. The number of hydrogen-bond donors (Lipinski definition) is 0. The predicted molar refractivity (Wildman–Crippen MR) is 60.7 cm³/mol. The summed E-state index contributed by atoms with van der Waals surface area (Å²) in [5.74, 6) is 0. The third-order valence-electron chi connectivity index (χ3n) is 3.38. The topological polar surface area (TPSA) is 21.7 Å². The molecule has 1 fully saturated rings. The van der Waals surface area contributed by atoms with Gasteiger partial charge in [-0.1, -0.05) is 24.3 Å². The second-order valence-electron chi connectivity index (χ2n) is 4.33. The number of ether oxygens (including phenoxy) is 1. The van der Waals surface area contributed by atoms with E-state index in [-0.39, 0.29) is 6.29 Å². The van der Waals surface area contributed by atoms with Gasteiger partial charge in [-0.05, 0) is 24.5 Å². The van der Waals surface area contributed by atoms with E-state index < -0.39 is 0 Å². The van der Waals surface area contributed by atoms with Crippen molar-refractivity contribution in [3.8, 4) is 0 Å². The van der Waals surface area contributed by atoms with Crippen molar-refractivity contribution in [1.29, 1.82) is 0 Å². The molecule has 3 nitrogen and oxygen atoms in total. The van der Waals surface area contributed by atoms with E-state index in [9.17, 15) is 0 Å². The van der Waals surface area contributed by atoms with E-state index in [0.717, 1.165) is 19.4 Å². The van der Waals surface area contributed by atoms with Crippen molar-refractivity contribution in [2.75, 3.05) is 13.2 Å². The van der Waals surface area contributed by atoms with Crippen LogP contribution in [0.15, 0.2) is 24.3 Å². The molecule has 0 bridgehead atoms. The molecule has 0 saturated carbocycles. The number of benzene rings is 1. The highest BCUT2D eigenvalue weighted by atomic mass is 16.8. The van der Waals surface area contributed by atoms with Gasteiger partial charge in [0.05, 0.1) is 6.04 Å². The zero-order chi connectivity index (χ0) is 11.0. The van der Waals surface area contributed by atoms with Crippen LogP contribution in [0.3, 0.4) is 0 Å². The second kappa shape index (κ2) is 4.17. The fourth-order valence-corrected chi connectivity index (χ4v) is 2.66. The summed E-state index contributed by atoms with van der Waals surface area (Å²) in [4.78, 5) is 5.77. The van der Waals surface area contributed by atoms with Gasteiger partial charge in [0.25, 0.3) is 0 Å². The molecule has 3 heteroatoms. The fraction of sp³-hybridized carbons (Fsp3) is 0.538. The quantitative estimate of drug-likeness (QED) is 0.761. The average molecular weight is 219 g/mol. The lowest BCUT2D eigenvalue weighted by Gasteiger charge is -2.29. The number of nitrogens with zero attached hydrogens (tertiary/aromatic N) is 1. The van der Waals surface area contributed by atoms with E-state index >= 15 is 0 Å². The van der Waals surface area contributed by atoms with Crippen LogP contribution < -0.4 is 0 Å². The van der Waals surface area contributed by atoms with E-state index in [1.165, 1.54) is 11.1 Å². The Morgan fingerprint density at radius 2 is 2.31 bits per heavy atom. The maximum absolute atomic E-state index is 5.77. The van der Waals surface area contributed by atoms with Gasteiger partial charge in [-0.2, -0.15) is 5.06 Å². The molecule has 0 spiro atoms. The minimum atomic E-state index is -0.0545. The van der Waals surface area contributed by atoms with Gasteiger partial charge >= 0.3 is 0 Å². The molecular weight excluding hydrogens is 202 g/mol. The molecule has 2 aliphatic rings. The first-order valence-corrected chi connectivity index (χ1v) is 6.01. The SMILES string of the molecule is CCO[C@@H]1C[C@@H]2c3ccccc3CCN2O1. The van der Waals surface area contributed by atoms with Crippen LogP contribution in [-0.4, -0.2) is 24.5 Å². The summed E-state index contributed by atoms with van der Waals surface area (Å²) in [5.41, 5.74) is 2.88. The van der Waals surface area contributed by atoms with Crippen LogP contribution in [0, 0.1) is 0 Å². The summed E-state index contributed by atoms with van der Waals surface area (Å²) in [5, 5.41) is 2.09. The molecule has 16 heavy (non-hydrogen) atoms. The molecule has 0 unspecified atom stereocenters. The lowest BCUT2D eigenvalue weighted by Crippen LogP contribution is -2.30. The Hall–Kier alpha value is -0.900. The van der Waals surface area contributed by atoms with Crippen molar-refractivity contribution in [2.45, 2.75) is 32.1 Å². The zero-order valence-corrected chi connectivity index (χ0v) is 9.56. The highest BCUT2D eigenvalue weighted by Gasteiger charge is 2.38. The first-order chi connectivity index (χ1) is 7.88. The number of rotatable bonds is 2. The lowest BCUT2D eigenvalue weighted by molar-refractivity contribution is -0.240. The van der Waals surface area contributed by atoms with Crippen molar-refractivity contribution in [2.24, 2.45) is 0 Å². The summed E-state index contributed by atoms with van der Waals surface area (Å²) < 4.78 is 5.55. The predicted octanol–water partition coefficient (Wildman–Crippen LogP) is 2.28. The fourth-order valence-electron chi connectivity index (χ4n) is 2.66. The molecule has 2 aliphatic heterocycles. The highest BCUT2D eigenvalue weighted by molar-refractivity contribution is 5.32. The number of fused-ring (bicyclic) bond motifs is 3. The van der Waals surface area contributed by atoms with Crippen LogP contribution in [0.1, 0.15) is 30.5 Å². The minimum absolute atomic E-state index is 0.0545. The van der Waals surface area contributed by atoms with Gasteiger partial charge in [-0.25, -0.2) is 0 Å². The highest BCUT2D eigenvalue weighted by Crippen LogP contribution is 2.39. The molecule has 1 aromatic carbocycles. The molecule has 1 aromatic rings. The molecule has 0 radical (unpaired) electrons. The lowest BCUT2D eigenvalue weighted by atomic mass is 9.93. The van der Waals surface area contributed by atoms with Crippen LogP contribution in [-0.2, 0) is 16.0 Å². The van der Waals surface area contributed by atoms with E-state index in [1.807, 2.05) is 6.92 Å². The van der Waals surface area contributed by atoms with Crippen molar-refractivity contribution < 1.29 is 9.57 Å². The Kier molecular flexibility index (Phi) is 2.67. The number of hydrogen-bond acceptors (Lipinski definition) is 3. The van der Waals surface area contributed by atoms with Gasteiger partial charge in [0.15, 0.2) is 6.29 Å². The van der Waals surface area contributed by atoms with Crippen molar-refractivity contribution >= 4 is 0 Å². The van der Waals surface area contributed by atoms with Gasteiger partial charge in [0.2, 0.25) is 0 Å². The largest absolute Gasteiger partial charge is 0.351 e. The van der Waals surface area contributed by atoms with Crippen LogP contribution >= 0.6 is 0 Å². The molecule has 3 rings (SSSR count). The Morgan fingerprint density at radius 3 is 3.19 bits per heavy atom. The first-order valence-electron chi connectivity index (χ1n) is 6.01. The summed E-state index contributed by atoms with van der Waals surface area (Å²) in [6.45, 7) is 3.70. The molecule has 2 atom stereocenters. The molecule has 2 heterocycles. The number of hydroxylamine groups is 2. The average Bonchev–Trinajstić information content (AvgIpc) is 2.72. The monoisotopic (exact) mass is 219 g/mol. The molecule has 0 aromatic heterocycles. The molecule has 0 aliphatic carbocycles. The maximum Gasteiger partial charge on any atom is 0.179 e. The van der Waals surface area contributed by atoms with E-state index in [0.29, 0.717) is 12.6 Å². The van der Waals surface area contributed by atoms with Gasteiger partial charge in [-0.3, -0.25) is 4.84 Å². The first kappa shape index (κ1) is 10.3. The standard InChI is InChI=1S/C13H17NO2/c1-2-15-13-9-12-11-6-4-3-5-10(11)7-8-14(12)16-13/h3-6,12-13H,2,7-9H2,1H3/t12-,13+/m1/s1. The Balaban J connectivity index is 1.84. The van der Waals surface area contributed by atoms with Gasteiger partial charge in [0, 0.05) is 19.6 Å². The van der Waals surface area contributed by atoms with Gasteiger partial charge in [0.1, 0.15) is 0 Å². The summed E-state index contributed by atoms with van der Waals surface area (Å²) in [7, 11) is 0. The Morgan fingerprint density at radius 1 is 1.44 bits per heavy atom. The Labute approximate surface area is 95.9 Å². The van der Waals surface area contributed by atoms with E-state index in [4.69, 9.17) is 9.57 Å². The van der Waals surface area contributed by atoms with E-state index in [1.54, 1.807) is 0 Å².